The van der Waals surface area contributed by atoms with E-state index < -0.39 is 17.7 Å². The predicted octanol–water partition coefficient (Wildman–Crippen LogP) is 4.27. The molecule has 7 nitrogen and oxygen atoms in total. The van der Waals surface area contributed by atoms with Crippen LogP contribution in [0, 0.1) is 17.8 Å². The molecule has 1 aromatic rings. The van der Waals surface area contributed by atoms with Gasteiger partial charge in [-0.3, -0.25) is 0 Å². The van der Waals surface area contributed by atoms with Crippen molar-refractivity contribution in [2.24, 2.45) is 17.8 Å². The topological polar surface area (TPSA) is 97.3 Å². The number of hydrogen-bond donors (Lipinski definition) is 3. The average molecular weight is 415 g/mol. The highest BCUT2D eigenvalue weighted by atomic mass is 17.3. The molecule has 5 aliphatic carbocycles. The van der Waals surface area contributed by atoms with E-state index in [2.05, 4.69) is 5.32 Å². The number of carboxylic acid groups (broad SMARTS) is 1. The van der Waals surface area contributed by atoms with Crippen molar-refractivity contribution in [3.8, 4) is 5.75 Å². The summed E-state index contributed by atoms with van der Waals surface area (Å²) in [4.78, 5) is 23.6. The number of ether oxygens (including phenoxy) is 1. The van der Waals surface area contributed by atoms with Crippen molar-refractivity contribution in [2.45, 2.75) is 80.8 Å². The van der Waals surface area contributed by atoms with Gasteiger partial charge in [0.25, 0.3) is 0 Å². The van der Waals surface area contributed by atoms with Crippen LogP contribution in [-0.4, -0.2) is 33.4 Å². The third-order valence-electron chi connectivity index (χ3n) is 8.40. The van der Waals surface area contributed by atoms with Gasteiger partial charge in [0.15, 0.2) is 0 Å². The first-order valence-corrected chi connectivity index (χ1v) is 11.3. The molecule has 4 bridgehead atoms. The van der Waals surface area contributed by atoms with Gasteiger partial charge in [0.2, 0.25) is 11.6 Å². The summed E-state index contributed by atoms with van der Waals surface area (Å²) in [6, 6.07) is 7.43. The second kappa shape index (κ2) is 6.34. The van der Waals surface area contributed by atoms with E-state index in [-0.39, 0.29) is 23.1 Å². The minimum Gasteiger partial charge on any atom is -0.508 e. The standard InChI is InChI=1S/C23H29NO6/c25-19-5-3-15(4-6-19)16-2-1-7-22(11-16)28-23(30-29-22)17-8-14-9-18(23)13-21(10-14,12-17)24-20(26)27/h3-6,14,16-18,24-25H,1-2,7-13H2,(H,26,27)/t14-,16-,17-,18+,21-,22-,23+/m1/s1. The third-order valence-corrected chi connectivity index (χ3v) is 8.40. The molecular weight excluding hydrogens is 386 g/mol. The number of nitrogens with one attached hydrogen (secondary N) is 1. The minimum atomic E-state index is -0.934. The lowest BCUT2D eigenvalue weighted by Gasteiger charge is -2.61. The number of amides is 1. The van der Waals surface area contributed by atoms with Gasteiger partial charge in [-0.15, -0.1) is 0 Å². The molecule has 5 saturated carbocycles. The van der Waals surface area contributed by atoms with Crippen molar-refractivity contribution in [2.75, 3.05) is 0 Å². The molecule has 162 valence electrons. The van der Waals surface area contributed by atoms with Gasteiger partial charge in [0, 0.05) is 30.2 Å². The number of benzene rings is 1. The summed E-state index contributed by atoms with van der Waals surface area (Å²) < 4.78 is 6.81. The van der Waals surface area contributed by atoms with Crippen molar-refractivity contribution in [1.29, 1.82) is 0 Å². The number of carbonyl (C=O) groups is 1. The fourth-order valence-electron chi connectivity index (χ4n) is 7.47. The number of aromatic hydroxyl groups is 1. The molecular formula is C23H29NO6. The smallest absolute Gasteiger partial charge is 0.405 e. The van der Waals surface area contributed by atoms with Crippen molar-refractivity contribution in [1.82, 2.24) is 5.32 Å². The van der Waals surface area contributed by atoms with Gasteiger partial charge in [0.1, 0.15) is 5.75 Å². The summed E-state index contributed by atoms with van der Waals surface area (Å²) in [5.74, 6) is -0.0543. The van der Waals surface area contributed by atoms with Gasteiger partial charge >= 0.3 is 6.09 Å². The molecule has 0 radical (unpaired) electrons. The van der Waals surface area contributed by atoms with Crippen LogP contribution >= 0.6 is 0 Å². The second-order valence-electron chi connectivity index (χ2n) is 10.3. The quantitative estimate of drug-likeness (QED) is 0.624. The van der Waals surface area contributed by atoms with Crippen molar-refractivity contribution in [3.05, 3.63) is 29.8 Å². The number of hydrogen-bond acceptors (Lipinski definition) is 5. The number of rotatable bonds is 2. The fourth-order valence-corrected chi connectivity index (χ4v) is 7.47. The fraction of sp³-hybridized carbons (Fsp3) is 0.696. The van der Waals surface area contributed by atoms with Crippen LogP contribution in [0.25, 0.3) is 0 Å². The maximum atomic E-state index is 11.4. The normalized spacial score (nSPS) is 46.5. The third kappa shape index (κ3) is 2.78. The van der Waals surface area contributed by atoms with Gasteiger partial charge in [-0.1, -0.05) is 12.1 Å². The number of phenols is 1. The molecule has 0 unspecified atom stereocenters. The van der Waals surface area contributed by atoms with E-state index in [1.54, 1.807) is 12.1 Å². The molecule has 7 atom stereocenters. The zero-order valence-corrected chi connectivity index (χ0v) is 17.0. The Kier molecular flexibility index (Phi) is 4.00. The lowest BCUT2D eigenvalue weighted by Crippen LogP contribution is -2.68. The Balaban J connectivity index is 1.24. The highest BCUT2D eigenvalue weighted by molar-refractivity contribution is 5.65. The molecule has 7 heteroatoms. The molecule has 2 spiro atoms. The van der Waals surface area contributed by atoms with Gasteiger partial charge in [-0.2, -0.15) is 9.78 Å². The van der Waals surface area contributed by atoms with Crippen molar-refractivity contribution < 1.29 is 29.5 Å². The zero-order chi connectivity index (χ0) is 20.6. The second-order valence-corrected chi connectivity index (χ2v) is 10.3. The Morgan fingerprint density at radius 1 is 1.03 bits per heavy atom. The molecule has 7 rings (SSSR count). The minimum absolute atomic E-state index is 0.157. The van der Waals surface area contributed by atoms with E-state index in [4.69, 9.17) is 14.5 Å². The first-order valence-electron chi connectivity index (χ1n) is 11.3. The predicted molar refractivity (Wildman–Crippen MR) is 105 cm³/mol. The highest BCUT2D eigenvalue weighted by Crippen LogP contribution is 2.65. The molecule has 1 heterocycles. The summed E-state index contributed by atoms with van der Waals surface area (Å²) in [5.41, 5.74) is 0.853. The van der Waals surface area contributed by atoms with Crippen LogP contribution in [0.2, 0.25) is 0 Å². The van der Waals surface area contributed by atoms with Crippen molar-refractivity contribution >= 4 is 6.09 Å². The maximum absolute atomic E-state index is 11.4. The van der Waals surface area contributed by atoms with E-state index >= 15 is 0 Å². The molecule has 0 aromatic heterocycles. The molecule has 30 heavy (non-hydrogen) atoms. The summed E-state index contributed by atoms with van der Waals surface area (Å²) in [5, 5.41) is 21.8. The van der Waals surface area contributed by atoms with Crippen LogP contribution < -0.4 is 5.32 Å². The summed E-state index contributed by atoms with van der Waals surface area (Å²) in [6.07, 6.45) is 7.14. The largest absolute Gasteiger partial charge is 0.508 e. The molecule has 6 aliphatic rings. The lowest BCUT2D eigenvalue weighted by molar-refractivity contribution is -0.391. The Hall–Kier alpha value is -1.83. The summed E-state index contributed by atoms with van der Waals surface area (Å²) in [6.45, 7) is 0. The van der Waals surface area contributed by atoms with Crippen LogP contribution in [0.15, 0.2) is 24.3 Å². The zero-order valence-electron chi connectivity index (χ0n) is 17.0. The van der Waals surface area contributed by atoms with Gasteiger partial charge in [-0.05, 0) is 74.5 Å². The Bertz CT molecular complexity index is 840. The number of phenolic OH excluding ortho intramolecular Hbond substituents is 1. The summed E-state index contributed by atoms with van der Waals surface area (Å²) >= 11 is 0. The molecule has 1 saturated heterocycles. The van der Waals surface area contributed by atoms with E-state index in [1.807, 2.05) is 12.1 Å². The Morgan fingerprint density at radius 3 is 2.47 bits per heavy atom. The van der Waals surface area contributed by atoms with E-state index in [0.29, 0.717) is 11.8 Å². The van der Waals surface area contributed by atoms with E-state index in [9.17, 15) is 15.0 Å². The molecule has 1 aromatic carbocycles. The van der Waals surface area contributed by atoms with Crippen LogP contribution in [-0.2, 0) is 14.5 Å². The van der Waals surface area contributed by atoms with Crippen LogP contribution in [0.3, 0.4) is 0 Å². The highest BCUT2D eigenvalue weighted by Gasteiger charge is 2.70. The monoisotopic (exact) mass is 415 g/mol. The van der Waals surface area contributed by atoms with Gasteiger partial charge in [0.05, 0.1) is 0 Å². The summed E-state index contributed by atoms with van der Waals surface area (Å²) in [7, 11) is 0. The van der Waals surface area contributed by atoms with Gasteiger partial charge < -0.3 is 20.3 Å². The first-order chi connectivity index (χ1) is 14.4. The maximum Gasteiger partial charge on any atom is 0.405 e. The van der Waals surface area contributed by atoms with E-state index in [0.717, 1.165) is 57.8 Å². The molecule has 1 aliphatic heterocycles. The lowest BCUT2D eigenvalue weighted by atomic mass is 9.50. The van der Waals surface area contributed by atoms with Crippen LogP contribution in [0.4, 0.5) is 4.79 Å². The van der Waals surface area contributed by atoms with Crippen LogP contribution in [0.5, 0.6) is 5.75 Å². The SMILES string of the molecule is O=C(O)N[C@]12C[C@@H]3C[C@H](C1)[C@]1(OO[C@@]4(CCC[C@@H](c5ccc(O)cc5)C4)O1)[C@@H](C3)C2. The Labute approximate surface area is 175 Å². The van der Waals surface area contributed by atoms with Gasteiger partial charge in [-0.25, -0.2) is 4.79 Å². The Morgan fingerprint density at radius 2 is 1.77 bits per heavy atom. The average Bonchev–Trinajstić information content (AvgIpc) is 3.05. The molecule has 3 N–H and O–H groups in total. The van der Waals surface area contributed by atoms with Crippen LogP contribution in [0.1, 0.15) is 69.3 Å². The van der Waals surface area contributed by atoms with E-state index in [1.165, 1.54) is 5.56 Å². The van der Waals surface area contributed by atoms with Crippen molar-refractivity contribution in [3.63, 3.8) is 0 Å². The first kappa shape index (κ1) is 18.9. The molecule has 1 amide bonds. The molecule has 6 fully saturated rings.